The van der Waals surface area contributed by atoms with Crippen molar-refractivity contribution in [2.75, 3.05) is 32.0 Å². The van der Waals surface area contributed by atoms with Gasteiger partial charge in [-0.1, -0.05) is 35.9 Å². The van der Waals surface area contributed by atoms with Gasteiger partial charge >= 0.3 is 6.09 Å². The lowest BCUT2D eigenvalue weighted by Crippen LogP contribution is -2.45. The summed E-state index contributed by atoms with van der Waals surface area (Å²) < 4.78 is 6.72. The highest BCUT2D eigenvalue weighted by atomic mass is 35.5. The summed E-state index contributed by atoms with van der Waals surface area (Å²) in [4.78, 5) is 57.0. The second-order valence-corrected chi connectivity index (χ2v) is 9.89. The Bertz CT molecular complexity index is 1350. The normalized spacial score (nSPS) is 11.2. The van der Waals surface area contributed by atoms with Crippen molar-refractivity contribution in [2.24, 2.45) is 5.73 Å². The molecule has 13 heteroatoms. The Morgan fingerprint density at radius 3 is 2.45 bits per heavy atom. The van der Waals surface area contributed by atoms with Crippen molar-refractivity contribution in [3.63, 3.8) is 0 Å². The number of pyridine rings is 1. The van der Waals surface area contributed by atoms with Crippen molar-refractivity contribution in [1.29, 1.82) is 0 Å². The largest absolute Gasteiger partial charge is 0.444 e. The van der Waals surface area contributed by atoms with E-state index < -0.39 is 29.4 Å². The zero-order valence-corrected chi connectivity index (χ0v) is 22.4. The fourth-order valence-electron chi connectivity index (χ4n) is 3.49. The third-order valence-corrected chi connectivity index (χ3v) is 5.47. The van der Waals surface area contributed by atoms with Crippen LogP contribution in [-0.2, 0) is 20.9 Å². The van der Waals surface area contributed by atoms with Crippen molar-refractivity contribution < 1.29 is 23.9 Å². The second-order valence-electron chi connectivity index (χ2n) is 9.50. The summed E-state index contributed by atoms with van der Waals surface area (Å²) in [6.45, 7) is 4.75. The predicted octanol–water partition coefficient (Wildman–Crippen LogP) is 2.52. The van der Waals surface area contributed by atoms with Gasteiger partial charge in [-0.3, -0.25) is 19.1 Å². The number of hydrogen-bond donors (Lipinski definition) is 2. The van der Waals surface area contributed by atoms with E-state index in [0.717, 1.165) is 0 Å². The summed E-state index contributed by atoms with van der Waals surface area (Å²) in [5.41, 5.74) is 5.34. The molecule has 4 amide bonds. The molecule has 3 N–H and O–H groups in total. The van der Waals surface area contributed by atoms with Crippen LogP contribution in [0.3, 0.4) is 0 Å². The molecule has 2 heterocycles. The molecule has 2 aromatic heterocycles. The Hall–Kier alpha value is -4.19. The molecule has 0 aliphatic heterocycles. The lowest BCUT2D eigenvalue weighted by atomic mass is 10.2. The highest BCUT2D eigenvalue weighted by molar-refractivity contribution is 6.29. The smallest absolute Gasteiger partial charge is 0.410 e. The van der Waals surface area contributed by atoms with E-state index in [4.69, 9.17) is 22.1 Å². The number of nitrogens with zero attached hydrogens (tertiary/aromatic N) is 5. The number of ether oxygens (including phenoxy) is 1. The van der Waals surface area contributed by atoms with E-state index in [2.05, 4.69) is 15.4 Å². The minimum absolute atomic E-state index is 0.0207. The molecule has 38 heavy (non-hydrogen) atoms. The van der Waals surface area contributed by atoms with Crippen molar-refractivity contribution in [3.8, 4) is 0 Å². The molecule has 3 rings (SSSR count). The Balaban J connectivity index is 1.79. The molecule has 0 saturated carbocycles. The van der Waals surface area contributed by atoms with Gasteiger partial charge in [0.2, 0.25) is 11.8 Å². The van der Waals surface area contributed by atoms with Crippen LogP contribution in [0.4, 0.5) is 10.6 Å². The Kier molecular flexibility index (Phi) is 8.89. The molecule has 0 aliphatic rings. The highest BCUT2D eigenvalue weighted by Crippen LogP contribution is 2.18. The van der Waals surface area contributed by atoms with Crippen LogP contribution in [0.5, 0.6) is 0 Å². The third-order valence-electron chi connectivity index (χ3n) is 5.26. The average Bonchev–Trinajstić information content (AvgIpc) is 3.19. The number of primary amides is 1. The maximum Gasteiger partial charge on any atom is 0.410 e. The zero-order chi connectivity index (χ0) is 28.0. The first kappa shape index (κ1) is 28.4. The molecule has 0 saturated heterocycles. The number of halogens is 1. The number of rotatable bonds is 9. The summed E-state index contributed by atoms with van der Waals surface area (Å²) in [7, 11) is 1.53. The van der Waals surface area contributed by atoms with Gasteiger partial charge in [-0.05, 0) is 39.0 Å². The number of aromatic nitrogens is 3. The van der Waals surface area contributed by atoms with Gasteiger partial charge in [0.05, 0.1) is 5.52 Å². The van der Waals surface area contributed by atoms with Gasteiger partial charge in [0.25, 0.3) is 5.91 Å². The van der Waals surface area contributed by atoms with Crippen LogP contribution in [0.15, 0.2) is 42.5 Å². The van der Waals surface area contributed by atoms with Crippen LogP contribution in [0.2, 0.25) is 5.15 Å². The molecular weight excluding hydrogens is 514 g/mol. The van der Waals surface area contributed by atoms with E-state index in [1.54, 1.807) is 63.2 Å². The lowest BCUT2D eigenvalue weighted by molar-refractivity contribution is -0.135. The molecule has 0 spiro atoms. The van der Waals surface area contributed by atoms with Gasteiger partial charge in [-0.2, -0.15) is 5.10 Å². The minimum atomic E-state index is -0.725. The van der Waals surface area contributed by atoms with E-state index in [9.17, 15) is 19.2 Å². The van der Waals surface area contributed by atoms with Crippen LogP contribution < -0.4 is 11.1 Å². The van der Waals surface area contributed by atoms with Crippen LogP contribution in [0, 0.1) is 0 Å². The maximum absolute atomic E-state index is 13.4. The number of amides is 4. The van der Waals surface area contributed by atoms with E-state index in [0.29, 0.717) is 10.9 Å². The molecule has 12 nitrogen and oxygen atoms in total. The quantitative estimate of drug-likeness (QED) is 0.393. The van der Waals surface area contributed by atoms with Gasteiger partial charge < -0.3 is 25.6 Å². The van der Waals surface area contributed by atoms with Crippen LogP contribution in [0.1, 0.15) is 31.3 Å². The number of para-hydroxylation sites is 1. The van der Waals surface area contributed by atoms with Gasteiger partial charge in [-0.15, -0.1) is 0 Å². The monoisotopic (exact) mass is 543 g/mol. The summed E-state index contributed by atoms with van der Waals surface area (Å²) >= 11 is 5.89. The van der Waals surface area contributed by atoms with Crippen LogP contribution in [0.25, 0.3) is 10.9 Å². The SMILES string of the molecule is CN(CCN(CC(=O)Nc1cccc(Cl)n1)C(=O)Cn1nc(C(N)=O)c2ccccc21)C(=O)OC(C)(C)C. The van der Waals surface area contributed by atoms with Gasteiger partial charge in [0.1, 0.15) is 29.7 Å². The first-order valence-electron chi connectivity index (χ1n) is 11.7. The number of benzene rings is 1. The van der Waals surface area contributed by atoms with Crippen molar-refractivity contribution >= 4 is 52.1 Å². The summed E-state index contributed by atoms with van der Waals surface area (Å²) in [5.74, 6) is -1.49. The number of nitrogens with one attached hydrogen (secondary N) is 1. The predicted molar refractivity (Wildman–Crippen MR) is 142 cm³/mol. The fourth-order valence-corrected chi connectivity index (χ4v) is 3.65. The van der Waals surface area contributed by atoms with E-state index in [1.807, 2.05) is 0 Å². The van der Waals surface area contributed by atoms with Crippen LogP contribution >= 0.6 is 11.6 Å². The molecule has 0 radical (unpaired) electrons. The molecular formula is C25H30ClN7O5. The first-order chi connectivity index (χ1) is 17.8. The molecule has 0 fully saturated rings. The summed E-state index contributed by atoms with van der Waals surface area (Å²) in [6.07, 6.45) is -0.568. The Labute approximate surface area is 224 Å². The zero-order valence-electron chi connectivity index (χ0n) is 21.6. The summed E-state index contributed by atoms with van der Waals surface area (Å²) in [6, 6.07) is 11.6. The standard InChI is InChI=1S/C25H30ClN7O5/c1-25(2,3)38-24(37)31(4)12-13-32(14-20(34)29-19-11-7-10-18(26)28-19)21(35)15-33-17-9-6-5-8-16(17)22(30-33)23(27)36/h5-11H,12-15H2,1-4H3,(H2,27,36)(H,28,29,34). The van der Waals surface area contributed by atoms with Crippen molar-refractivity contribution in [2.45, 2.75) is 32.9 Å². The van der Waals surface area contributed by atoms with E-state index in [-0.39, 0.29) is 42.8 Å². The lowest BCUT2D eigenvalue weighted by Gasteiger charge is -2.27. The Morgan fingerprint density at radius 2 is 1.79 bits per heavy atom. The number of carbonyl (C=O) groups is 4. The maximum atomic E-state index is 13.4. The Morgan fingerprint density at radius 1 is 1.08 bits per heavy atom. The van der Waals surface area contributed by atoms with Gasteiger partial charge in [0, 0.05) is 25.5 Å². The molecule has 1 aromatic carbocycles. The molecule has 202 valence electrons. The third kappa shape index (κ3) is 7.65. The number of anilines is 1. The fraction of sp³-hybridized carbons (Fsp3) is 0.360. The average molecular weight is 544 g/mol. The minimum Gasteiger partial charge on any atom is -0.444 e. The molecule has 0 aliphatic carbocycles. The molecule has 0 bridgehead atoms. The highest BCUT2D eigenvalue weighted by Gasteiger charge is 2.24. The van der Waals surface area contributed by atoms with E-state index >= 15 is 0 Å². The van der Waals surface area contributed by atoms with Crippen molar-refractivity contribution in [3.05, 3.63) is 53.3 Å². The van der Waals surface area contributed by atoms with E-state index in [1.165, 1.54) is 21.5 Å². The van der Waals surface area contributed by atoms with Gasteiger partial charge in [0.15, 0.2) is 5.69 Å². The molecule has 3 aromatic rings. The number of nitrogens with two attached hydrogens (primary N) is 1. The summed E-state index contributed by atoms with van der Waals surface area (Å²) in [5, 5.41) is 7.53. The molecule has 0 unspecified atom stereocenters. The number of hydrogen-bond acceptors (Lipinski definition) is 7. The van der Waals surface area contributed by atoms with Crippen LogP contribution in [-0.4, -0.2) is 80.7 Å². The molecule has 0 atom stereocenters. The topological polar surface area (TPSA) is 153 Å². The first-order valence-corrected chi connectivity index (χ1v) is 12.1. The van der Waals surface area contributed by atoms with Gasteiger partial charge in [-0.25, -0.2) is 9.78 Å². The number of fused-ring (bicyclic) bond motifs is 1. The van der Waals surface area contributed by atoms with Crippen molar-refractivity contribution in [1.82, 2.24) is 24.6 Å². The number of carbonyl (C=O) groups excluding carboxylic acids is 4. The second kappa shape index (κ2) is 11.9. The number of likely N-dealkylation sites (N-methyl/N-ethyl adjacent to an activating group) is 1.